The van der Waals surface area contributed by atoms with Crippen LogP contribution in [0.15, 0.2) is 48.0 Å². The number of anilines is 1. The van der Waals surface area contributed by atoms with Gasteiger partial charge in [0, 0.05) is 6.20 Å². The van der Waals surface area contributed by atoms with Crippen LogP contribution >= 0.6 is 23.2 Å². The maximum atomic E-state index is 13.2. The van der Waals surface area contributed by atoms with E-state index in [1.54, 1.807) is 0 Å². The van der Waals surface area contributed by atoms with Gasteiger partial charge in [-0.05, 0) is 35.9 Å². The molecule has 3 rings (SSSR count). The Bertz CT molecular complexity index is 1010. The highest BCUT2D eigenvalue weighted by Gasteiger charge is 2.21. The Morgan fingerprint density at radius 1 is 1.21 bits per heavy atom. The Kier molecular flexibility index (Phi) is 4.39. The van der Waals surface area contributed by atoms with Crippen LogP contribution in [0.1, 0.15) is 0 Å². The molecule has 2 aromatic heterocycles. The Morgan fingerprint density at radius 3 is 2.71 bits per heavy atom. The zero-order valence-electron chi connectivity index (χ0n) is 11.7. The number of halogens is 3. The number of hydrogen-bond acceptors (Lipinski definition) is 5. The van der Waals surface area contributed by atoms with Crippen LogP contribution in [0.3, 0.4) is 0 Å². The number of benzene rings is 1. The predicted octanol–water partition coefficient (Wildman–Crippen LogP) is 2.91. The van der Waals surface area contributed by atoms with E-state index in [1.807, 2.05) is 0 Å². The molecule has 0 aliphatic heterocycles. The summed E-state index contributed by atoms with van der Waals surface area (Å²) in [6.07, 6.45) is 3.79. The van der Waals surface area contributed by atoms with Crippen molar-refractivity contribution in [1.82, 2.24) is 19.5 Å². The molecular weight excluding hydrogens is 380 g/mol. The van der Waals surface area contributed by atoms with Crippen LogP contribution in [0.4, 0.5) is 10.1 Å². The average molecular weight is 388 g/mol. The number of imidazole rings is 1. The van der Waals surface area contributed by atoms with E-state index < -0.39 is 15.8 Å². The van der Waals surface area contributed by atoms with Gasteiger partial charge in [-0.25, -0.2) is 14.4 Å². The molecule has 1 aromatic carbocycles. The van der Waals surface area contributed by atoms with E-state index in [4.69, 9.17) is 23.2 Å². The summed E-state index contributed by atoms with van der Waals surface area (Å²) in [5, 5.41) is -0.424. The fraction of sp³-hybridized carbons (Fsp3) is 0. The molecular formula is C13H8Cl2FN5O2S. The summed E-state index contributed by atoms with van der Waals surface area (Å²) in [7, 11) is -4.03. The van der Waals surface area contributed by atoms with Gasteiger partial charge in [-0.2, -0.15) is 13.4 Å². The van der Waals surface area contributed by atoms with Crippen molar-refractivity contribution < 1.29 is 12.8 Å². The first-order valence-corrected chi connectivity index (χ1v) is 8.60. The zero-order chi connectivity index (χ0) is 17.3. The summed E-state index contributed by atoms with van der Waals surface area (Å²) in [4.78, 5) is 11.5. The first-order chi connectivity index (χ1) is 11.4. The topological polar surface area (TPSA) is 89.8 Å². The Labute approximate surface area is 146 Å². The van der Waals surface area contributed by atoms with E-state index in [0.717, 1.165) is 18.3 Å². The monoisotopic (exact) mass is 387 g/mol. The van der Waals surface area contributed by atoms with Gasteiger partial charge in [-0.3, -0.25) is 9.29 Å². The van der Waals surface area contributed by atoms with Crippen LogP contribution in [0.25, 0.3) is 5.82 Å². The van der Waals surface area contributed by atoms with E-state index in [0.29, 0.717) is 0 Å². The lowest BCUT2D eigenvalue weighted by Crippen LogP contribution is -2.17. The first-order valence-electron chi connectivity index (χ1n) is 6.36. The molecule has 2 heterocycles. The zero-order valence-corrected chi connectivity index (χ0v) is 14.0. The fourth-order valence-corrected chi connectivity index (χ4v) is 3.35. The number of nitrogens with one attached hydrogen (secondary N) is 1. The lowest BCUT2D eigenvalue weighted by atomic mass is 10.3. The van der Waals surface area contributed by atoms with Gasteiger partial charge in [0.15, 0.2) is 5.03 Å². The predicted molar refractivity (Wildman–Crippen MR) is 86.4 cm³/mol. The molecule has 0 atom stereocenters. The molecule has 1 N–H and O–H groups in total. The maximum Gasteiger partial charge on any atom is 0.279 e. The van der Waals surface area contributed by atoms with E-state index in [-0.39, 0.29) is 26.8 Å². The molecule has 0 radical (unpaired) electrons. The number of nitrogens with zero attached hydrogens (tertiary/aromatic N) is 4. The third-order valence-corrected chi connectivity index (χ3v) is 4.74. The van der Waals surface area contributed by atoms with Crippen molar-refractivity contribution in [2.75, 3.05) is 4.72 Å². The lowest BCUT2D eigenvalue weighted by molar-refractivity contribution is 0.594. The molecule has 0 bridgehead atoms. The molecule has 7 nitrogen and oxygen atoms in total. The summed E-state index contributed by atoms with van der Waals surface area (Å²) >= 11 is 11.4. The molecule has 0 saturated heterocycles. The number of hydrogen-bond donors (Lipinski definition) is 1. The second-order valence-electron chi connectivity index (χ2n) is 4.52. The highest BCUT2D eigenvalue weighted by Crippen LogP contribution is 2.23. The van der Waals surface area contributed by atoms with Gasteiger partial charge in [0.1, 0.15) is 18.0 Å². The van der Waals surface area contributed by atoms with Gasteiger partial charge in [-0.15, -0.1) is 0 Å². The van der Waals surface area contributed by atoms with Gasteiger partial charge in [0.2, 0.25) is 5.28 Å². The largest absolute Gasteiger partial charge is 0.279 e. The summed E-state index contributed by atoms with van der Waals surface area (Å²) in [5.74, 6) is -0.426. The third-order valence-electron chi connectivity index (χ3n) is 2.91. The maximum absolute atomic E-state index is 13.2. The molecule has 0 unspecified atom stereocenters. The molecule has 3 aromatic rings. The van der Waals surface area contributed by atoms with Crippen molar-refractivity contribution in [3.63, 3.8) is 0 Å². The molecule has 24 heavy (non-hydrogen) atoms. The highest BCUT2D eigenvalue weighted by atomic mass is 35.5. The number of rotatable bonds is 4. The van der Waals surface area contributed by atoms with Crippen LogP contribution in [0.2, 0.25) is 10.3 Å². The third kappa shape index (κ3) is 3.32. The van der Waals surface area contributed by atoms with Crippen molar-refractivity contribution in [3.8, 4) is 5.82 Å². The van der Waals surface area contributed by atoms with Gasteiger partial charge in [0.05, 0.1) is 16.9 Å². The van der Waals surface area contributed by atoms with Gasteiger partial charge >= 0.3 is 0 Å². The summed E-state index contributed by atoms with van der Waals surface area (Å²) in [6.45, 7) is 0. The summed E-state index contributed by atoms with van der Waals surface area (Å²) < 4.78 is 41.8. The normalized spacial score (nSPS) is 11.5. The Balaban J connectivity index is 1.99. The Morgan fingerprint density at radius 2 is 2.00 bits per heavy atom. The molecule has 0 saturated carbocycles. The number of aromatic nitrogens is 4. The minimum atomic E-state index is -4.03. The molecule has 0 fully saturated rings. The molecule has 124 valence electrons. The van der Waals surface area contributed by atoms with Gasteiger partial charge in [0.25, 0.3) is 10.0 Å². The van der Waals surface area contributed by atoms with Crippen molar-refractivity contribution >= 4 is 38.9 Å². The van der Waals surface area contributed by atoms with E-state index in [1.165, 1.54) is 29.2 Å². The summed E-state index contributed by atoms with van der Waals surface area (Å²) in [6, 6.07) is 4.95. The van der Waals surface area contributed by atoms with Crippen molar-refractivity contribution in [2.45, 2.75) is 5.03 Å². The van der Waals surface area contributed by atoms with Crippen molar-refractivity contribution in [2.24, 2.45) is 0 Å². The van der Waals surface area contributed by atoms with E-state index >= 15 is 0 Å². The molecule has 0 aliphatic rings. The van der Waals surface area contributed by atoms with Crippen LogP contribution < -0.4 is 4.72 Å². The molecule has 0 spiro atoms. The second kappa shape index (κ2) is 6.34. The van der Waals surface area contributed by atoms with Crippen molar-refractivity contribution in [1.29, 1.82) is 0 Å². The Hall–Kier alpha value is -2.23. The minimum absolute atomic E-state index is 0.0391. The van der Waals surface area contributed by atoms with Crippen LogP contribution in [-0.4, -0.2) is 27.9 Å². The minimum Gasteiger partial charge on any atom is -0.278 e. The number of sulfonamides is 1. The van der Waals surface area contributed by atoms with Crippen molar-refractivity contribution in [3.05, 3.63) is 59.1 Å². The molecule has 0 aliphatic carbocycles. The molecule has 0 amide bonds. The second-order valence-corrected chi connectivity index (χ2v) is 6.89. The van der Waals surface area contributed by atoms with Gasteiger partial charge in [-0.1, -0.05) is 11.6 Å². The molecule has 11 heteroatoms. The summed E-state index contributed by atoms with van der Waals surface area (Å²) in [5.41, 5.74) is 0.106. The highest BCUT2D eigenvalue weighted by molar-refractivity contribution is 7.92. The quantitative estimate of drug-likeness (QED) is 0.695. The SMILES string of the molecule is O=S(=O)(Nc1ccc(F)c(Cl)c1)c1cncn1-c1ccnc(Cl)n1. The standard InChI is InChI=1S/C13H8Cl2FN5O2S/c14-9-5-8(1-2-10(9)16)20-24(22,23)12-6-17-7-21(12)11-3-4-18-13(15)19-11/h1-7,20H. The van der Waals surface area contributed by atoms with Gasteiger partial charge < -0.3 is 0 Å². The first kappa shape index (κ1) is 16.6. The smallest absolute Gasteiger partial charge is 0.278 e. The average Bonchev–Trinajstić information content (AvgIpc) is 3.01. The van der Waals surface area contributed by atoms with E-state index in [9.17, 15) is 12.8 Å². The van der Waals surface area contributed by atoms with Crippen LogP contribution in [-0.2, 0) is 10.0 Å². The van der Waals surface area contributed by atoms with E-state index in [2.05, 4.69) is 19.7 Å². The van der Waals surface area contributed by atoms with Crippen LogP contribution in [0, 0.1) is 5.82 Å². The van der Waals surface area contributed by atoms with Crippen LogP contribution in [0.5, 0.6) is 0 Å². The lowest BCUT2D eigenvalue weighted by Gasteiger charge is -2.10. The fourth-order valence-electron chi connectivity index (χ4n) is 1.88.